The number of amides is 1. The predicted octanol–water partition coefficient (Wildman–Crippen LogP) is 3.32. The highest BCUT2D eigenvalue weighted by atomic mass is 32.2. The molecular weight excluding hydrogens is 428 g/mol. The number of hydrogen-bond acceptors (Lipinski definition) is 5. The van der Waals surface area contributed by atoms with Gasteiger partial charge in [-0.05, 0) is 50.1 Å². The molecule has 9 heteroatoms. The number of aryl methyl sites for hydroxylation is 2. The largest absolute Gasteiger partial charge is 0.320 e. The summed E-state index contributed by atoms with van der Waals surface area (Å²) in [4.78, 5) is 25.9. The minimum absolute atomic E-state index is 0.108. The van der Waals surface area contributed by atoms with Gasteiger partial charge in [-0.1, -0.05) is 32.0 Å². The quantitative estimate of drug-likeness (QED) is 0.588. The van der Waals surface area contributed by atoms with Crippen LogP contribution in [-0.2, 0) is 16.6 Å². The number of aromatic nitrogens is 2. The van der Waals surface area contributed by atoms with E-state index in [0.717, 1.165) is 11.1 Å². The highest BCUT2D eigenvalue weighted by molar-refractivity contribution is 7.89. The number of fused-ring (bicyclic) bond motifs is 1. The minimum Gasteiger partial charge on any atom is -0.320 e. The summed E-state index contributed by atoms with van der Waals surface area (Å²) in [7, 11) is -3.69. The van der Waals surface area contributed by atoms with Crippen LogP contribution in [0.25, 0.3) is 10.8 Å². The smallest absolute Gasteiger partial charge is 0.276 e. The molecule has 8 nitrogen and oxygen atoms in total. The molecule has 0 spiro atoms. The van der Waals surface area contributed by atoms with Crippen molar-refractivity contribution >= 4 is 32.4 Å². The molecule has 3 aromatic rings. The Morgan fingerprint density at radius 1 is 1.06 bits per heavy atom. The molecule has 0 unspecified atom stereocenters. The molecule has 0 bridgehead atoms. The SMILES string of the molecule is CCN(CC)S(=O)(=O)c1cc(C)c(C)c(NC(=O)c2nn(CC)c(=O)c3ccccc23)c1. The molecule has 1 heterocycles. The molecule has 1 N–H and O–H groups in total. The maximum absolute atomic E-state index is 13.2. The first-order chi connectivity index (χ1) is 15.1. The summed E-state index contributed by atoms with van der Waals surface area (Å²) < 4.78 is 28.7. The van der Waals surface area contributed by atoms with Crippen LogP contribution in [0.2, 0.25) is 0 Å². The lowest BCUT2D eigenvalue weighted by Crippen LogP contribution is -2.31. The van der Waals surface area contributed by atoms with Gasteiger partial charge in [0.1, 0.15) is 0 Å². The molecule has 3 rings (SSSR count). The topological polar surface area (TPSA) is 101 Å². The number of benzene rings is 2. The Morgan fingerprint density at radius 2 is 1.69 bits per heavy atom. The molecule has 0 saturated heterocycles. The monoisotopic (exact) mass is 456 g/mol. The van der Waals surface area contributed by atoms with Gasteiger partial charge in [-0.3, -0.25) is 9.59 Å². The van der Waals surface area contributed by atoms with Gasteiger partial charge < -0.3 is 5.32 Å². The summed E-state index contributed by atoms with van der Waals surface area (Å²) in [6.07, 6.45) is 0. The molecule has 2 aromatic carbocycles. The Labute approximate surface area is 187 Å². The fraction of sp³-hybridized carbons (Fsp3) is 0.348. The van der Waals surface area contributed by atoms with Crippen LogP contribution in [0.15, 0.2) is 46.1 Å². The molecule has 1 aromatic heterocycles. The summed E-state index contributed by atoms with van der Waals surface area (Å²) in [6, 6.07) is 9.91. The van der Waals surface area contributed by atoms with Crippen LogP contribution in [0.5, 0.6) is 0 Å². The third kappa shape index (κ3) is 4.18. The van der Waals surface area contributed by atoms with E-state index in [1.54, 1.807) is 58.0 Å². The number of carbonyl (C=O) groups is 1. The lowest BCUT2D eigenvalue weighted by molar-refractivity contribution is 0.102. The first kappa shape index (κ1) is 23.6. The lowest BCUT2D eigenvalue weighted by atomic mass is 10.1. The van der Waals surface area contributed by atoms with Gasteiger partial charge in [-0.2, -0.15) is 9.40 Å². The van der Waals surface area contributed by atoms with Gasteiger partial charge in [-0.25, -0.2) is 13.1 Å². The molecule has 32 heavy (non-hydrogen) atoms. The average molecular weight is 457 g/mol. The zero-order valence-electron chi connectivity index (χ0n) is 19.0. The van der Waals surface area contributed by atoms with Crippen molar-refractivity contribution in [1.29, 1.82) is 0 Å². The van der Waals surface area contributed by atoms with Gasteiger partial charge in [0, 0.05) is 30.7 Å². The maximum atomic E-state index is 13.2. The van der Waals surface area contributed by atoms with Crippen LogP contribution in [-0.4, -0.2) is 41.5 Å². The van der Waals surface area contributed by atoms with E-state index in [4.69, 9.17) is 0 Å². The third-order valence-electron chi connectivity index (χ3n) is 5.61. The van der Waals surface area contributed by atoms with Crippen molar-refractivity contribution < 1.29 is 13.2 Å². The second kappa shape index (κ2) is 9.22. The highest BCUT2D eigenvalue weighted by Crippen LogP contribution is 2.27. The van der Waals surface area contributed by atoms with E-state index in [1.165, 1.54) is 15.1 Å². The van der Waals surface area contributed by atoms with Gasteiger partial charge in [0.15, 0.2) is 5.69 Å². The van der Waals surface area contributed by atoms with E-state index in [0.29, 0.717) is 36.1 Å². The van der Waals surface area contributed by atoms with E-state index in [-0.39, 0.29) is 16.1 Å². The highest BCUT2D eigenvalue weighted by Gasteiger charge is 2.24. The average Bonchev–Trinajstić information content (AvgIpc) is 2.77. The number of anilines is 1. The van der Waals surface area contributed by atoms with Crippen molar-refractivity contribution in [3.05, 3.63) is 63.6 Å². The molecular formula is C23H28N4O4S. The van der Waals surface area contributed by atoms with Crippen molar-refractivity contribution in [2.75, 3.05) is 18.4 Å². The lowest BCUT2D eigenvalue weighted by Gasteiger charge is -2.20. The Morgan fingerprint density at radius 3 is 2.28 bits per heavy atom. The van der Waals surface area contributed by atoms with Gasteiger partial charge >= 0.3 is 0 Å². The van der Waals surface area contributed by atoms with E-state index in [2.05, 4.69) is 10.4 Å². The van der Waals surface area contributed by atoms with Crippen LogP contribution in [0.4, 0.5) is 5.69 Å². The predicted molar refractivity (Wildman–Crippen MR) is 126 cm³/mol. The Hall–Kier alpha value is -3.04. The second-order valence-electron chi connectivity index (χ2n) is 7.47. The van der Waals surface area contributed by atoms with Crippen molar-refractivity contribution in [3.63, 3.8) is 0 Å². The second-order valence-corrected chi connectivity index (χ2v) is 9.41. The van der Waals surface area contributed by atoms with Crippen molar-refractivity contribution in [2.24, 2.45) is 0 Å². The number of nitrogens with one attached hydrogen (secondary N) is 1. The Balaban J connectivity index is 2.11. The normalized spacial score (nSPS) is 11.8. The molecule has 0 radical (unpaired) electrons. The molecule has 170 valence electrons. The molecule has 0 atom stereocenters. The van der Waals surface area contributed by atoms with Crippen LogP contribution in [0.3, 0.4) is 0 Å². The van der Waals surface area contributed by atoms with Gasteiger partial charge in [0.25, 0.3) is 11.5 Å². The number of carbonyl (C=O) groups excluding carboxylic acids is 1. The fourth-order valence-corrected chi connectivity index (χ4v) is 5.19. The van der Waals surface area contributed by atoms with E-state index >= 15 is 0 Å². The maximum Gasteiger partial charge on any atom is 0.276 e. The summed E-state index contributed by atoms with van der Waals surface area (Å²) in [6.45, 7) is 9.98. The van der Waals surface area contributed by atoms with Gasteiger partial charge in [0.05, 0.1) is 10.3 Å². The van der Waals surface area contributed by atoms with Crippen molar-refractivity contribution in [2.45, 2.75) is 46.1 Å². The number of rotatable bonds is 7. The van der Waals surface area contributed by atoms with E-state index < -0.39 is 15.9 Å². The van der Waals surface area contributed by atoms with E-state index in [9.17, 15) is 18.0 Å². The van der Waals surface area contributed by atoms with Crippen LogP contribution < -0.4 is 10.9 Å². The van der Waals surface area contributed by atoms with E-state index in [1.807, 2.05) is 6.92 Å². The number of sulfonamides is 1. The number of hydrogen-bond donors (Lipinski definition) is 1. The standard InChI is InChI=1S/C23H28N4O4S/c1-6-26(7-2)32(30,31)17-13-15(4)16(5)20(14-17)24-22(28)21-18-11-9-10-12-19(18)23(29)27(8-3)25-21/h9-14H,6-8H2,1-5H3,(H,24,28). The fourth-order valence-electron chi connectivity index (χ4n) is 3.62. The zero-order valence-corrected chi connectivity index (χ0v) is 19.8. The molecule has 0 aliphatic rings. The first-order valence-electron chi connectivity index (χ1n) is 10.6. The van der Waals surface area contributed by atoms with Gasteiger partial charge in [0.2, 0.25) is 10.0 Å². The van der Waals surface area contributed by atoms with Crippen LogP contribution in [0.1, 0.15) is 42.4 Å². The van der Waals surface area contributed by atoms with Crippen molar-refractivity contribution in [1.82, 2.24) is 14.1 Å². The van der Waals surface area contributed by atoms with Gasteiger partial charge in [-0.15, -0.1) is 0 Å². The summed E-state index contributed by atoms with van der Waals surface area (Å²) in [5.41, 5.74) is 1.73. The van der Waals surface area contributed by atoms with Crippen LogP contribution >= 0.6 is 0 Å². The third-order valence-corrected chi connectivity index (χ3v) is 7.64. The van der Waals surface area contributed by atoms with Crippen molar-refractivity contribution in [3.8, 4) is 0 Å². The molecule has 0 fully saturated rings. The first-order valence-corrected chi connectivity index (χ1v) is 12.0. The molecule has 0 aliphatic carbocycles. The molecule has 0 aliphatic heterocycles. The Kier molecular flexibility index (Phi) is 6.80. The summed E-state index contributed by atoms with van der Waals surface area (Å²) in [5, 5.41) is 7.93. The summed E-state index contributed by atoms with van der Waals surface area (Å²) in [5.74, 6) is -0.511. The summed E-state index contributed by atoms with van der Waals surface area (Å²) >= 11 is 0. The Bertz CT molecular complexity index is 1340. The molecule has 1 amide bonds. The minimum atomic E-state index is -3.69. The van der Waals surface area contributed by atoms with Crippen LogP contribution in [0, 0.1) is 13.8 Å². The zero-order chi connectivity index (χ0) is 23.6. The molecule has 0 saturated carbocycles. The number of nitrogens with zero attached hydrogens (tertiary/aromatic N) is 3.